The van der Waals surface area contributed by atoms with Crippen LogP contribution in [0.3, 0.4) is 0 Å². The van der Waals surface area contributed by atoms with Gasteiger partial charge in [-0.3, -0.25) is 0 Å². The Hall–Kier alpha value is -0.890. The third-order valence-electron chi connectivity index (χ3n) is 2.60. The largest absolute Gasteiger partial charge is 0.336 e. The van der Waals surface area contributed by atoms with Gasteiger partial charge in [0, 0.05) is 29.5 Å². The van der Waals surface area contributed by atoms with Gasteiger partial charge in [-0.05, 0) is 41.1 Å². The van der Waals surface area contributed by atoms with Gasteiger partial charge in [0.05, 0.1) is 16.2 Å². The van der Waals surface area contributed by atoms with E-state index in [1.54, 1.807) is 31.7 Å². The van der Waals surface area contributed by atoms with Crippen LogP contribution in [0, 0.1) is 0 Å². The number of sulfonamides is 1. The smallest absolute Gasteiger partial charge is 0.240 e. The molecule has 1 N–H and O–H groups in total. The molecule has 1 aromatic carbocycles. The van der Waals surface area contributed by atoms with E-state index in [0.29, 0.717) is 16.0 Å². The van der Waals surface area contributed by atoms with E-state index in [0.717, 1.165) is 0 Å². The average Bonchev–Trinajstić information content (AvgIpc) is 2.84. The van der Waals surface area contributed by atoms with E-state index in [2.05, 4.69) is 25.6 Å². The number of benzene rings is 1. The Balaban J connectivity index is 2.12. The second kappa shape index (κ2) is 6.26. The van der Waals surface area contributed by atoms with Crippen LogP contribution >= 0.6 is 27.5 Å². The highest BCUT2D eigenvalue weighted by Crippen LogP contribution is 2.25. The summed E-state index contributed by atoms with van der Waals surface area (Å²) in [6.07, 6.45) is 5.07. The standard InChI is InChI=1S/C12H13BrClN3O2S/c1-9(7-17-5-4-15-8-17)16-20(18,19)10-2-3-12(14)11(13)6-10/h2-6,8-9,16H,7H2,1H3. The fourth-order valence-electron chi connectivity index (χ4n) is 1.73. The molecular weight excluding hydrogens is 366 g/mol. The van der Waals surface area contributed by atoms with Crippen LogP contribution < -0.4 is 4.72 Å². The molecule has 0 saturated carbocycles. The zero-order valence-corrected chi connectivity index (χ0v) is 13.8. The molecule has 0 fully saturated rings. The Bertz CT molecular complexity index is 689. The summed E-state index contributed by atoms with van der Waals surface area (Å²) in [5.41, 5.74) is 0. The Labute approximate surface area is 131 Å². The van der Waals surface area contributed by atoms with Crippen LogP contribution in [-0.4, -0.2) is 24.0 Å². The fraction of sp³-hybridized carbons (Fsp3) is 0.250. The van der Waals surface area contributed by atoms with Crippen molar-refractivity contribution in [1.82, 2.24) is 14.3 Å². The van der Waals surface area contributed by atoms with Gasteiger partial charge in [-0.1, -0.05) is 11.6 Å². The molecule has 0 saturated heterocycles. The van der Waals surface area contributed by atoms with E-state index in [9.17, 15) is 8.42 Å². The normalized spacial score (nSPS) is 13.3. The SMILES string of the molecule is CC(Cn1ccnc1)NS(=O)(=O)c1ccc(Cl)c(Br)c1. The maximum Gasteiger partial charge on any atom is 0.240 e. The second-order valence-corrected chi connectivity index (χ2v) is 7.33. The topological polar surface area (TPSA) is 64.0 Å². The molecule has 2 aromatic rings. The molecule has 5 nitrogen and oxygen atoms in total. The lowest BCUT2D eigenvalue weighted by Gasteiger charge is -2.15. The molecule has 20 heavy (non-hydrogen) atoms. The Kier molecular flexibility index (Phi) is 4.85. The zero-order valence-electron chi connectivity index (χ0n) is 10.6. The Morgan fingerprint density at radius 1 is 1.50 bits per heavy atom. The number of imidazole rings is 1. The predicted octanol–water partition coefficient (Wildman–Crippen LogP) is 2.67. The van der Waals surface area contributed by atoms with Crippen molar-refractivity contribution in [2.45, 2.75) is 24.4 Å². The molecule has 1 atom stereocenters. The molecule has 0 aliphatic heterocycles. The van der Waals surface area contributed by atoms with Crippen LogP contribution in [0.15, 0.2) is 46.3 Å². The van der Waals surface area contributed by atoms with E-state index < -0.39 is 10.0 Å². The summed E-state index contributed by atoms with van der Waals surface area (Å²) in [5.74, 6) is 0. The summed E-state index contributed by atoms with van der Waals surface area (Å²) >= 11 is 9.08. The van der Waals surface area contributed by atoms with Crippen molar-refractivity contribution in [3.8, 4) is 0 Å². The summed E-state index contributed by atoms with van der Waals surface area (Å²) in [6, 6.07) is 4.23. The number of nitrogens with one attached hydrogen (secondary N) is 1. The number of rotatable bonds is 5. The number of hydrogen-bond acceptors (Lipinski definition) is 3. The highest BCUT2D eigenvalue weighted by atomic mass is 79.9. The molecule has 0 radical (unpaired) electrons. The summed E-state index contributed by atoms with van der Waals surface area (Å²) in [4.78, 5) is 4.09. The van der Waals surface area contributed by atoms with E-state index in [-0.39, 0.29) is 10.9 Å². The monoisotopic (exact) mass is 377 g/mol. The van der Waals surface area contributed by atoms with Gasteiger partial charge in [0.1, 0.15) is 0 Å². The maximum atomic E-state index is 12.2. The summed E-state index contributed by atoms with van der Waals surface area (Å²) in [7, 11) is -3.57. The Morgan fingerprint density at radius 2 is 2.25 bits per heavy atom. The highest BCUT2D eigenvalue weighted by molar-refractivity contribution is 9.10. The van der Waals surface area contributed by atoms with Crippen molar-refractivity contribution in [2.75, 3.05) is 0 Å². The van der Waals surface area contributed by atoms with Crippen molar-refractivity contribution in [3.05, 3.63) is 46.4 Å². The number of nitrogens with zero attached hydrogens (tertiary/aromatic N) is 2. The number of hydrogen-bond donors (Lipinski definition) is 1. The maximum absolute atomic E-state index is 12.2. The van der Waals surface area contributed by atoms with Gasteiger partial charge in [0.15, 0.2) is 0 Å². The third kappa shape index (κ3) is 3.82. The first kappa shape index (κ1) is 15.5. The van der Waals surface area contributed by atoms with Crippen molar-refractivity contribution in [3.63, 3.8) is 0 Å². The third-order valence-corrected chi connectivity index (χ3v) is 5.40. The molecule has 2 rings (SSSR count). The first-order valence-electron chi connectivity index (χ1n) is 5.81. The van der Waals surface area contributed by atoms with Gasteiger partial charge in [-0.15, -0.1) is 0 Å². The summed E-state index contributed by atoms with van der Waals surface area (Å²) < 4.78 is 29.4. The molecular formula is C12H13BrClN3O2S. The Morgan fingerprint density at radius 3 is 2.85 bits per heavy atom. The molecule has 8 heteroatoms. The lowest BCUT2D eigenvalue weighted by Crippen LogP contribution is -2.35. The van der Waals surface area contributed by atoms with E-state index >= 15 is 0 Å². The number of halogens is 2. The number of aromatic nitrogens is 2. The lowest BCUT2D eigenvalue weighted by atomic mass is 10.4. The minimum Gasteiger partial charge on any atom is -0.336 e. The van der Waals surface area contributed by atoms with Crippen LogP contribution in [-0.2, 0) is 16.6 Å². The van der Waals surface area contributed by atoms with Crippen LogP contribution in [0.4, 0.5) is 0 Å². The molecule has 0 aliphatic rings. The van der Waals surface area contributed by atoms with Crippen molar-refractivity contribution in [2.24, 2.45) is 0 Å². The van der Waals surface area contributed by atoms with E-state index in [1.807, 2.05) is 4.57 Å². The summed E-state index contributed by atoms with van der Waals surface area (Å²) in [6.45, 7) is 2.30. The molecule has 0 amide bonds. The first-order chi connectivity index (χ1) is 9.38. The highest BCUT2D eigenvalue weighted by Gasteiger charge is 2.18. The van der Waals surface area contributed by atoms with Crippen molar-refractivity contribution >= 4 is 37.6 Å². The van der Waals surface area contributed by atoms with Gasteiger partial charge in [-0.2, -0.15) is 0 Å². The van der Waals surface area contributed by atoms with E-state index in [4.69, 9.17) is 11.6 Å². The second-order valence-electron chi connectivity index (χ2n) is 4.36. The van der Waals surface area contributed by atoms with Crippen molar-refractivity contribution in [1.29, 1.82) is 0 Å². The fourth-order valence-corrected chi connectivity index (χ4v) is 3.63. The molecule has 0 aliphatic carbocycles. The predicted molar refractivity (Wildman–Crippen MR) is 81.2 cm³/mol. The molecule has 1 unspecified atom stereocenters. The molecule has 108 valence electrons. The molecule has 0 spiro atoms. The van der Waals surface area contributed by atoms with Crippen LogP contribution in [0.5, 0.6) is 0 Å². The molecule has 1 aromatic heterocycles. The lowest BCUT2D eigenvalue weighted by molar-refractivity contribution is 0.520. The van der Waals surface area contributed by atoms with Crippen LogP contribution in [0.1, 0.15) is 6.92 Å². The van der Waals surface area contributed by atoms with Gasteiger partial charge >= 0.3 is 0 Å². The van der Waals surface area contributed by atoms with Crippen LogP contribution in [0.2, 0.25) is 5.02 Å². The average molecular weight is 379 g/mol. The minimum atomic E-state index is -3.57. The van der Waals surface area contributed by atoms with E-state index in [1.165, 1.54) is 12.1 Å². The molecule has 1 heterocycles. The van der Waals surface area contributed by atoms with Gasteiger partial charge < -0.3 is 4.57 Å². The van der Waals surface area contributed by atoms with Crippen LogP contribution in [0.25, 0.3) is 0 Å². The summed E-state index contributed by atoms with van der Waals surface area (Å²) in [5, 5.41) is 0.468. The van der Waals surface area contributed by atoms with Gasteiger partial charge in [0.25, 0.3) is 0 Å². The molecule has 0 bridgehead atoms. The zero-order chi connectivity index (χ0) is 14.8. The quantitative estimate of drug-likeness (QED) is 0.870. The minimum absolute atomic E-state index is 0.172. The van der Waals surface area contributed by atoms with Gasteiger partial charge in [0.2, 0.25) is 10.0 Å². The van der Waals surface area contributed by atoms with Gasteiger partial charge in [-0.25, -0.2) is 18.1 Å². The van der Waals surface area contributed by atoms with Crippen molar-refractivity contribution < 1.29 is 8.42 Å². The first-order valence-corrected chi connectivity index (χ1v) is 8.47.